The SMILES string of the molecule is COc1cc(CS)c(C)c(CS)c1. The zero-order valence-electron chi connectivity index (χ0n) is 7.87. The first-order valence-electron chi connectivity index (χ1n) is 4.11. The van der Waals surface area contributed by atoms with Gasteiger partial charge in [-0.1, -0.05) is 0 Å². The van der Waals surface area contributed by atoms with E-state index in [9.17, 15) is 0 Å². The van der Waals surface area contributed by atoms with Crippen molar-refractivity contribution in [2.75, 3.05) is 7.11 Å². The average Bonchev–Trinajstić information content (AvgIpc) is 2.18. The maximum Gasteiger partial charge on any atom is 0.119 e. The maximum absolute atomic E-state index is 5.19. The summed E-state index contributed by atoms with van der Waals surface area (Å²) in [6, 6.07) is 4.05. The van der Waals surface area contributed by atoms with Gasteiger partial charge in [-0.2, -0.15) is 25.3 Å². The second-order valence-corrected chi connectivity index (χ2v) is 3.52. The summed E-state index contributed by atoms with van der Waals surface area (Å²) in [7, 11) is 1.68. The zero-order chi connectivity index (χ0) is 9.84. The third-order valence-electron chi connectivity index (χ3n) is 2.17. The fraction of sp³-hybridized carbons (Fsp3) is 0.400. The predicted octanol–water partition coefficient (Wildman–Crippen LogP) is 2.86. The van der Waals surface area contributed by atoms with Gasteiger partial charge in [0.05, 0.1) is 7.11 Å². The quantitative estimate of drug-likeness (QED) is 0.736. The van der Waals surface area contributed by atoms with Crippen molar-refractivity contribution in [2.45, 2.75) is 18.4 Å². The summed E-state index contributed by atoms with van der Waals surface area (Å²) >= 11 is 8.54. The van der Waals surface area contributed by atoms with Crippen molar-refractivity contribution in [1.29, 1.82) is 0 Å². The molecule has 72 valence electrons. The second-order valence-electron chi connectivity index (χ2n) is 2.89. The largest absolute Gasteiger partial charge is 0.497 e. The lowest BCUT2D eigenvalue weighted by atomic mass is 10.0. The molecular weight excluding hydrogens is 200 g/mol. The van der Waals surface area contributed by atoms with E-state index >= 15 is 0 Å². The molecule has 0 N–H and O–H groups in total. The molecule has 0 heterocycles. The molecule has 1 rings (SSSR count). The monoisotopic (exact) mass is 214 g/mol. The molecule has 1 aromatic carbocycles. The van der Waals surface area contributed by atoms with Gasteiger partial charge in [0.15, 0.2) is 0 Å². The van der Waals surface area contributed by atoms with Gasteiger partial charge in [0.1, 0.15) is 5.75 Å². The van der Waals surface area contributed by atoms with Crippen LogP contribution in [0.5, 0.6) is 5.75 Å². The van der Waals surface area contributed by atoms with Gasteiger partial charge in [0.25, 0.3) is 0 Å². The van der Waals surface area contributed by atoms with Crippen molar-refractivity contribution < 1.29 is 4.74 Å². The van der Waals surface area contributed by atoms with Crippen molar-refractivity contribution in [3.05, 3.63) is 28.8 Å². The van der Waals surface area contributed by atoms with Crippen LogP contribution in [0.1, 0.15) is 16.7 Å². The summed E-state index contributed by atoms with van der Waals surface area (Å²) in [6.45, 7) is 2.09. The maximum atomic E-state index is 5.19. The van der Waals surface area contributed by atoms with E-state index in [1.54, 1.807) is 7.11 Å². The number of hydrogen-bond acceptors (Lipinski definition) is 3. The third kappa shape index (κ3) is 2.35. The number of benzene rings is 1. The van der Waals surface area contributed by atoms with Crippen LogP contribution in [-0.2, 0) is 11.5 Å². The van der Waals surface area contributed by atoms with Crippen LogP contribution in [0.3, 0.4) is 0 Å². The van der Waals surface area contributed by atoms with Crippen LogP contribution in [0.4, 0.5) is 0 Å². The Bertz CT molecular complexity index is 272. The van der Waals surface area contributed by atoms with Crippen LogP contribution in [0.15, 0.2) is 12.1 Å². The number of ether oxygens (including phenoxy) is 1. The minimum atomic E-state index is 0.740. The Morgan fingerprint density at radius 3 is 1.92 bits per heavy atom. The van der Waals surface area contributed by atoms with E-state index in [1.165, 1.54) is 16.7 Å². The van der Waals surface area contributed by atoms with Gasteiger partial charge in [0.2, 0.25) is 0 Å². The summed E-state index contributed by atoms with van der Waals surface area (Å²) in [4.78, 5) is 0. The zero-order valence-corrected chi connectivity index (χ0v) is 9.66. The highest BCUT2D eigenvalue weighted by molar-refractivity contribution is 7.79. The Balaban J connectivity index is 3.20. The molecule has 0 aliphatic heterocycles. The van der Waals surface area contributed by atoms with Crippen LogP contribution in [0.25, 0.3) is 0 Å². The lowest BCUT2D eigenvalue weighted by Gasteiger charge is -2.10. The molecule has 0 unspecified atom stereocenters. The molecule has 0 aliphatic carbocycles. The average molecular weight is 214 g/mol. The van der Waals surface area contributed by atoms with Crippen LogP contribution in [0, 0.1) is 6.92 Å². The van der Waals surface area contributed by atoms with E-state index in [2.05, 4.69) is 32.2 Å². The number of hydrogen-bond donors (Lipinski definition) is 2. The first-order chi connectivity index (χ1) is 6.22. The van der Waals surface area contributed by atoms with Gasteiger partial charge in [-0.15, -0.1) is 0 Å². The Hall–Kier alpha value is -0.280. The third-order valence-corrected chi connectivity index (χ3v) is 2.85. The van der Waals surface area contributed by atoms with Gasteiger partial charge in [-0.3, -0.25) is 0 Å². The van der Waals surface area contributed by atoms with E-state index in [1.807, 2.05) is 12.1 Å². The lowest BCUT2D eigenvalue weighted by molar-refractivity contribution is 0.414. The Morgan fingerprint density at radius 1 is 1.15 bits per heavy atom. The Kier molecular flexibility index (Phi) is 4.00. The fourth-order valence-corrected chi connectivity index (χ4v) is 1.91. The van der Waals surface area contributed by atoms with Crippen LogP contribution in [-0.4, -0.2) is 7.11 Å². The van der Waals surface area contributed by atoms with Gasteiger partial charge in [0, 0.05) is 11.5 Å². The highest BCUT2D eigenvalue weighted by Crippen LogP contribution is 2.24. The molecule has 0 spiro atoms. The van der Waals surface area contributed by atoms with Crippen molar-refractivity contribution >= 4 is 25.3 Å². The smallest absolute Gasteiger partial charge is 0.119 e. The summed E-state index contributed by atoms with van der Waals surface area (Å²) in [6.07, 6.45) is 0. The molecule has 1 aromatic rings. The molecule has 0 bridgehead atoms. The highest BCUT2D eigenvalue weighted by atomic mass is 32.1. The Morgan fingerprint density at radius 2 is 1.62 bits per heavy atom. The molecule has 13 heavy (non-hydrogen) atoms. The van der Waals surface area contributed by atoms with Crippen molar-refractivity contribution in [1.82, 2.24) is 0 Å². The molecule has 3 heteroatoms. The standard InChI is InChI=1S/C10H14OS2/c1-7-8(5-12)3-10(11-2)4-9(7)6-13/h3-4,12-13H,5-6H2,1-2H3. The predicted molar refractivity (Wildman–Crippen MR) is 63.1 cm³/mol. The van der Waals surface area contributed by atoms with E-state index < -0.39 is 0 Å². The molecule has 0 atom stereocenters. The second kappa shape index (κ2) is 4.82. The van der Waals surface area contributed by atoms with E-state index in [0.29, 0.717) is 0 Å². The topological polar surface area (TPSA) is 9.23 Å². The molecule has 0 aromatic heterocycles. The fourth-order valence-electron chi connectivity index (χ4n) is 1.25. The molecule has 1 nitrogen and oxygen atoms in total. The highest BCUT2D eigenvalue weighted by Gasteiger charge is 2.04. The minimum absolute atomic E-state index is 0.740. The van der Waals surface area contributed by atoms with E-state index in [4.69, 9.17) is 4.74 Å². The van der Waals surface area contributed by atoms with E-state index in [-0.39, 0.29) is 0 Å². The van der Waals surface area contributed by atoms with Crippen molar-refractivity contribution in [3.63, 3.8) is 0 Å². The van der Waals surface area contributed by atoms with Crippen molar-refractivity contribution in [2.24, 2.45) is 0 Å². The number of rotatable bonds is 3. The summed E-state index contributed by atoms with van der Waals surface area (Å²) in [5.41, 5.74) is 3.70. The Labute approximate surface area is 90.3 Å². The van der Waals surface area contributed by atoms with Crippen LogP contribution >= 0.6 is 25.3 Å². The van der Waals surface area contributed by atoms with Gasteiger partial charge in [-0.25, -0.2) is 0 Å². The minimum Gasteiger partial charge on any atom is -0.497 e. The lowest BCUT2D eigenvalue weighted by Crippen LogP contribution is -1.94. The molecule has 0 saturated heterocycles. The molecule has 0 radical (unpaired) electrons. The van der Waals surface area contributed by atoms with Crippen LogP contribution in [0.2, 0.25) is 0 Å². The first kappa shape index (κ1) is 10.8. The van der Waals surface area contributed by atoms with Gasteiger partial charge < -0.3 is 4.74 Å². The molecule has 0 aliphatic rings. The molecule has 0 amide bonds. The normalized spacial score (nSPS) is 10.2. The molecular formula is C10H14OS2. The van der Waals surface area contributed by atoms with Gasteiger partial charge >= 0.3 is 0 Å². The molecule has 0 saturated carbocycles. The summed E-state index contributed by atoms with van der Waals surface area (Å²) < 4.78 is 5.19. The number of thiol groups is 2. The van der Waals surface area contributed by atoms with Crippen molar-refractivity contribution in [3.8, 4) is 5.75 Å². The first-order valence-corrected chi connectivity index (χ1v) is 5.37. The van der Waals surface area contributed by atoms with Crippen LogP contribution < -0.4 is 4.74 Å². The summed E-state index contributed by atoms with van der Waals surface area (Å²) in [5, 5.41) is 0. The van der Waals surface area contributed by atoms with E-state index in [0.717, 1.165) is 17.3 Å². The van der Waals surface area contributed by atoms with Gasteiger partial charge in [-0.05, 0) is 35.7 Å². The molecule has 0 fully saturated rings. The summed E-state index contributed by atoms with van der Waals surface area (Å²) in [5.74, 6) is 2.37. The number of methoxy groups -OCH3 is 1.